The molecule has 1 atom stereocenters. The monoisotopic (exact) mass is 451 g/mol. The number of benzene rings is 2. The Kier molecular flexibility index (Phi) is 7.84. The first kappa shape index (κ1) is 23.3. The standard InChI is InChI=1S/C25H26ClN3O3/c1-16-14-27-22(17(2)23(16)32-3)15-28-25(31)21(13-18-7-5-4-6-8-18)29-24(30)19-9-11-20(26)12-10-19/h4-12,14,21H,13,15H2,1-3H3,(H,28,31)(H,29,30). The first-order chi connectivity index (χ1) is 15.4. The molecule has 7 heteroatoms. The Bertz CT molecular complexity index is 1090. The predicted octanol–water partition coefficient (Wildman–Crippen LogP) is 4.02. The summed E-state index contributed by atoms with van der Waals surface area (Å²) in [7, 11) is 1.61. The number of amides is 2. The summed E-state index contributed by atoms with van der Waals surface area (Å²) in [5.74, 6) is 0.113. The third-order valence-corrected chi connectivity index (χ3v) is 5.44. The molecular weight excluding hydrogens is 426 g/mol. The summed E-state index contributed by atoms with van der Waals surface area (Å²) in [5, 5.41) is 6.29. The van der Waals surface area contributed by atoms with E-state index in [9.17, 15) is 9.59 Å². The van der Waals surface area contributed by atoms with Crippen molar-refractivity contribution in [3.63, 3.8) is 0 Å². The molecule has 0 aliphatic rings. The average molecular weight is 452 g/mol. The van der Waals surface area contributed by atoms with E-state index in [0.717, 1.165) is 22.4 Å². The second kappa shape index (κ2) is 10.8. The lowest BCUT2D eigenvalue weighted by Crippen LogP contribution is -2.48. The highest BCUT2D eigenvalue weighted by molar-refractivity contribution is 6.30. The molecule has 0 radical (unpaired) electrons. The first-order valence-corrected chi connectivity index (χ1v) is 10.6. The smallest absolute Gasteiger partial charge is 0.251 e. The second-order valence-corrected chi connectivity index (χ2v) is 7.92. The molecule has 2 amide bonds. The van der Waals surface area contributed by atoms with Gasteiger partial charge in [0.05, 0.1) is 19.3 Å². The van der Waals surface area contributed by atoms with Crippen molar-refractivity contribution in [1.82, 2.24) is 15.6 Å². The fraction of sp³-hybridized carbons (Fsp3) is 0.240. The number of hydrogen-bond donors (Lipinski definition) is 2. The van der Waals surface area contributed by atoms with Crippen molar-refractivity contribution in [2.75, 3.05) is 7.11 Å². The van der Waals surface area contributed by atoms with Crippen LogP contribution in [0, 0.1) is 13.8 Å². The third kappa shape index (κ3) is 5.86. The summed E-state index contributed by atoms with van der Waals surface area (Å²) < 4.78 is 5.44. The zero-order valence-electron chi connectivity index (χ0n) is 18.3. The lowest BCUT2D eigenvalue weighted by Gasteiger charge is -2.19. The molecule has 1 unspecified atom stereocenters. The lowest BCUT2D eigenvalue weighted by atomic mass is 10.0. The molecule has 3 rings (SSSR count). The van der Waals surface area contributed by atoms with E-state index in [2.05, 4.69) is 15.6 Å². The molecule has 0 spiro atoms. The lowest BCUT2D eigenvalue weighted by molar-refractivity contribution is -0.123. The van der Waals surface area contributed by atoms with E-state index >= 15 is 0 Å². The van der Waals surface area contributed by atoms with Crippen LogP contribution in [0.15, 0.2) is 60.8 Å². The molecule has 0 bridgehead atoms. The van der Waals surface area contributed by atoms with Gasteiger partial charge in [-0.1, -0.05) is 41.9 Å². The van der Waals surface area contributed by atoms with Crippen LogP contribution >= 0.6 is 11.6 Å². The molecule has 0 saturated heterocycles. The number of pyridine rings is 1. The summed E-state index contributed by atoms with van der Waals surface area (Å²) in [6, 6.07) is 15.3. The van der Waals surface area contributed by atoms with Crippen molar-refractivity contribution in [2.45, 2.75) is 32.9 Å². The van der Waals surface area contributed by atoms with E-state index in [1.54, 1.807) is 37.6 Å². The van der Waals surface area contributed by atoms with Crippen LogP contribution in [0.3, 0.4) is 0 Å². The van der Waals surface area contributed by atoms with E-state index in [-0.39, 0.29) is 18.4 Å². The Morgan fingerprint density at radius 1 is 1.06 bits per heavy atom. The van der Waals surface area contributed by atoms with Crippen molar-refractivity contribution in [2.24, 2.45) is 0 Å². The normalized spacial score (nSPS) is 11.5. The molecule has 1 aromatic heterocycles. The van der Waals surface area contributed by atoms with E-state index < -0.39 is 6.04 Å². The molecule has 6 nitrogen and oxygen atoms in total. The average Bonchev–Trinajstić information content (AvgIpc) is 2.79. The quantitative estimate of drug-likeness (QED) is 0.542. The maximum atomic E-state index is 13.1. The van der Waals surface area contributed by atoms with Crippen LogP contribution in [0.1, 0.15) is 32.7 Å². The number of nitrogens with zero attached hydrogens (tertiary/aromatic N) is 1. The molecule has 32 heavy (non-hydrogen) atoms. The Morgan fingerprint density at radius 3 is 2.41 bits per heavy atom. The van der Waals surface area contributed by atoms with E-state index in [0.29, 0.717) is 22.7 Å². The number of hydrogen-bond acceptors (Lipinski definition) is 4. The van der Waals surface area contributed by atoms with Crippen LogP contribution < -0.4 is 15.4 Å². The number of halogens is 1. The van der Waals surface area contributed by atoms with Crippen molar-refractivity contribution in [1.29, 1.82) is 0 Å². The summed E-state index contributed by atoms with van der Waals surface area (Å²) in [6.07, 6.45) is 2.08. The molecule has 3 aromatic rings. The number of nitrogens with one attached hydrogen (secondary N) is 2. The minimum Gasteiger partial charge on any atom is -0.496 e. The highest BCUT2D eigenvalue weighted by atomic mass is 35.5. The van der Waals surface area contributed by atoms with Gasteiger partial charge in [-0.15, -0.1) is 0 Å². The zero-order chi connectivity index (χ0) is 23.1. The molecule has 2 aromatic carbocycles. The van der Waals surface area contributed by atoms with Crippen molar-refractivity contribution in [3.8, 4) is 5.75 Å². The number of carbonyl (C=O) groups is 2. The van der Waals surface area contributed by atoms with E-state index in [4.69, 9.17) is 16.3 Å². The Morgan fingerprint density at radius 2 is 1.75 bits per heavy atom. The topological polar surface area (TPSA) is 80.3 Å². The minimum atomic E-state index is -0.756. The zero-order valence-corrected chi connectivity index (χ0v) is 19.1. The van der Waals surface area contributed by atoms with Gasteiger partial charge in [-0.3, -0.25) is 14.6 Å². The van der Waals surface area contributed by atoms with Crippen LogP contribution in [0.2, 0.25) is 5.02 Å². The number of aryl methyl sites for hydroxylation is 1. The molecule has 0 fully saturated rings. The van der Waals surface area contributed by atoms with Gasteiger partial charge in [0.15, 0.2) is 0 Å². The number of rotatable bonds is 8. The highest BCUT2D eigenvalue weighted by Crippen LogP contribution is 2.23. The molecule has 166 valence electrons. The molecule has 1 heterocycles. The highest BCUT2D eigenvalue weighted by Gasteiger charge is 2.22. The van der Waals surface area contributed by atoms with Crippen molar-refractivity contribution < 1.29 is 14.3 Å². The molecule has 0 aliphatic carbocycles. The minimum absolute atomic E-state index is 0.226. The van der Waals surface area contributed by atoms with Crippen LogP contribution in [-0.4, -0.2) is 29.9 Å². The molecule has 0 aliphatic heterocycles. The van der Waals surface area contributed by atoms with Gasteiger partial charge in [0.1, 0.15) is 11.8 Å². The van der Waals surface area contributed by atoms with Gasteiger partial charge in [-0.25, -0.2) is 0 Å². The summed E-state index contributed by atoms with van der Waals surface area (Å²) in [6.45, 7) is 4.05. The van der Waals surface area contributed by atoms with E-state index in [1.165, 1.54) is 0 Å². The van der Waals surface area contributed by atoms with Crippen LogP contribution in [0.25, 0.3) is 0 Å². The summed E-state index contributed by atoms with van der Waals surface area (Å²) in [4.78, 5) is 30.2. The Labute approximate surface area is 193 Å². The van der Waals surface area contributed by atoms with Crippen LogP contribution in [0.5, 0.6) is 5.75 Å². The number of aromatic nitrogens is 1. The van der Waals surface area contributed by atoms with Crippen molar-refractivity contribution >= 4 is 23.4 Å². The first-order valence-electron chi connectivity index (χ1n) is 10.3. The maximum absolute atomic E-state index is 13.1. The number of carbonyl (C=O) groups excluding carboxylic acids is 2. The van der Waals surface area contributed by atoms with Gasteiger partial charge in [-0.2, -0.15) is 0 Å². The van der Waals surface area contributed by atoms with Crippen LogP contribution in [-0.2, 0) is 17.8 Å². The maximum Gasteiger partial charge on any atom is 0.251 e. The van der Waals surface area contributed by atoms with Gasteiger partial charge >= 0.3 is 0 Å². The van der Waals surface area contributed by atoms with Crippen LogP contribution in [0.4, 0.5) is 0 Å². The van der Waals surface area contributed by atoms with Gasteiger partial charge in [0, 0.05) is 34.3 Å². The van der Waals surface area contributed by atoms with Crippen molar-refractivity contribution in [3.05, 3.63) is 93.8 Å². The summed E-state index contributed by atoms with van der Waals surface area (Å²) >= 11 is 5.91. The van der Waals surface area contributed by atoms with Gasteiger partial charge in [-0.05, 0) is 43.7 Å². The molecular formula is C25H26ClN3O3. The van der Waals surface area contributed by atoms with E-state index in [1.807, 2.05) is 44.2 Å². The largest absolute Gasteiger partial charge is 0.496 e. The Hall–Kier alpha value is -3.38. The number of ether oxygens (including phenoxy) is 1. The molecule has 2 N–H and O–H groups in total. The Balaban J connectivity index is 1.75. The third-order valence-electron chi connectivity index (χ3n) is 5.19. The van der Waals surface area contributed by atoms with Gasteiger partial charge < -0.3 is 15.4 Å². The van der Waals surface area contributed by atoms with Gasteiger partial charge in [0.2, 0.25) is 5.91 Å². The summed E-state index contributed by atoms with van der Waals surface area (Å²) in [5.41, 5.74) is 3.88. The number of methoxy groups -OCH3 is 1. The predicted molar refractivity (Wildman–Crippen MR) is 125 cm³/mol. The second-order valence-electron chi connectivity index (χ2n) is 7.49. The fourth-order valence-corrected chi connectivity index (χ4v) is 3.57. The van der Waals surface area contributed by atoms with Gasteiger partial charge in [0.25, 0.3) is 5.91 Å². The fourth-order valence-electron chi connectivity index (χ4n) is 3.45. The molecule has 0 saturated carbocycles. The SMILES string of the molecule is COc1c(C)cnc(CNC(=O)C(Cc2ccccc2)NC(=O)c2ccc(Cl)cc2)c1C.